The normalized spacial score (nSPS) is 15.9. The minimum atomic E-state index is -0.656. The van der Waals surface area contributed by atoms with Crippen LogP contribution >= 0.6 is 22.9 Å². The first kappa shape index (κ1) is 51.6. The van der Waals surface area contributed by atoms with Gasteiger partial charge in [0.2, 0.25) is 5.91 Å². The second-order valence-corrected chi connectivity index (χ2v) is 19.0. The number of fused-ring (bicyclic) bond motifs is 6. The first-order valence-corrected chi connectivity index (χ1v) is 25.2. The van der Waals surface area contributed by atoms with Gasteiger partial charge in [0.25, 0.3) is 23.6 Å². The number of likely N-dealkylation sites (N-methyl/N-ethyl adjacent to an activating group) is 2. The zero-order valence-corrected chi connectivity index (χ0v) is 42.1. The fourth-order valence-corrected chi connectivity index (χ4v) is 10.4. The van der Waals surface area contributed by atoms with E-state index >= 15 is 0 Å². The van der Waals surface area contributed by atoms with Gasteiger partial charge in [0.05, 0.1) is 73.7 Å². The Balaban J connectivity index is 0.861. The average molecular weight is 1020 g/mol. The van der Waals surface area contributed by atoms with E-state index in [0.717, 1.165) is 49.9 Å². The van der Waals surface area contributed by atoms with E-state index in [-0.39, 0.29) is 112 Å². The number of thiophene rings is 1. The van der Waals surface area contributed by atoms with E-state index in [9.17, 15) is 33.6 Å². The molecule has 8 rings (SSSR count). The maximum absolute atomic E-state index is 14.5. The molecule has 0 aliphatic carbocycles. The molecule has 0 spiro atoms. The highest BCUT2D eigenvalue weighted by Crippen LogP contribution is 2.48. The molecule has 3 aliphatic heterocycles. The molecule has 6 amide bonds. The molecular formula is C53H56ClN5O12S. The number of hydrogen-bond acceptors (Lipinski definition) is 13. The standard InChI is InChI=1S/C53H56ClN5O12S/c1-5-34-31-58(40-28-42(70-33(2)60)36-10-6-8-12-38(36)49(34)40)51(64)44-14-15-45(72-44)52(65)59-32-35(30-54)50-39-13-9-7-11-37(39)43(29-41(50)59)71-53(66)56(4)20-19-55(3)46(61)18-22-67-24-26-69-27-25-68-23-21-57-47(62)16-17-48(57)63/h6-17,28-29,34-35H,5,18-27,30-32H2,1-4H3. The Labute approximate surface area is 425 Å². The van der Waals surface area contributed by atoms with E-state index in [1.807, 2.05) is 48.5 Å². The zero-order valence-electron chi connectivity index (χ0n) is 40.6. The Hall–Kier alpha value is -6.70. The smallest absolute Gasteiger partial charge is 0.415 e. The van der Waals surface area contributed by atoms with Crippen LogP contribution < -0.4 is 19.3 Å². The molecule has 2 atom stereocenters. The summed E-state index contributed by atoms with van der Waals surface area (Å²) >= 11 is 7.69. The van der Waals surface area contributed by atoms with E-state index < -0.39 is 12.1 Å². The summed E-state index contributed by atoms with van der Waals surface area (Å²) in [7, 11) is 3.23. The molecule has 0 bridgehead atoms. The third kappa shape index (κ3) is 11.2. The van der Waals surface area contributed by atoms with Crippen LogP contribution in [0.3, 0.4) is 0 Å². The monoisotopic (exact) mass is 1020 g/mol. The molecule has 5 aromatic rings. The lowest BCUT2D eigenvalue weighted by atomic mass is 9.93. The summed E-state index contributed by atoms with van der Waals surface area (Å²) in [4.78, 5) is 98.8. The van der Waals surface area contributed by atoms with E-state index in [2.05, 4.69) is 6.92 Å². The molecule has 4 aromatic carbocycles. The number of carbonyl (C=O) groups is 7. The van der Waals surface area contributed by atoms with Crippen LogP contribution in [-0.2, 0) is 33.4 Å². The van der Waals surface area contributed by atoms with Crippen LogP contribution in [0.25, 0.3) is 21.5 Å². The zero-order chi connectivity index (χ0) is 51.1. The summed E-state index contributed by atoms with van der Waals surface area (Å²) in [5.41, 5.74) is 3.10. The van der Waals surface area contributed by atoms with E-state index in [1.165, 1.54) is 28.9 Å². The van der Waals surface area contributed by atoms with Crippen molar-refractivity contribution in [2.75, 3.05) is 102 Å². The number of imide groups is 1. The summed E-state index contributed by atoms with van der Waals surface area (Å²) < 4.78 is 28.1. The predicted octanol–water partition coefficient (Wildman–Crippen LogP) is 7.37. The molecule has 0 saturated heterocycles. The van der Waals surface area contributed by atoms with Crippen LogP contribution in [0, 0.1) is 0 Å². The number of alkyl halides is 1. The van der Waals surface area contributed by atoms with E-state index in [0.29, 0.717) is 52.0 Å². The molecule has 0 fully saturated rings. The van der Waals surface area contributed by atoms with Gasteiger partial charge in [0, 0.05) is 100.0 Å². The van der Waals surface area contributed by atoms with Crippen molar-refractivity contribution in [3.05, 3.63) is 106 Å². The van der Waals surface area contributed by atoms with Crippen LogP contribution in [0.5, 0.6) is 11.5 Å². The summed E-state index contributed by atoms with van der Waals surface area (Å²) in [5.74, 6) is -1.25. The Kier molecular flexibility index (Phi) is 16.7. The van der Waals surface area contributed by atoms with Gasteiger partial charge < -0.3 is 43.3 Å². The maximum atomic E-state index is 14.5. The Morgan fingerprint density at radius 3 is 1.68 bits per heavy atom. The second-order valence-electron chi connectivity index (χ2n) is 17.6. The third-order valence-electron chi connectivity index (χ3n) is 13.0. The fraction of sp³-hybridized carbons (Fsp3) is 0.377. The van der Waals surface area contributed by atoms with E-state index in [4.69, 9.17) is 35.3 Å². The van der Waals surface area contributed by atoms with Crippen LogP contribution in [0.15, 0.2) is 84.9 Å². The second kappa shape index (κ2) is 23.2. The number of rotatable bonds is 21. The number of anilines is 2. The van der Waals surface area contributed by atoms with Crippen molar-refractivity contribution in [3.63, 3.8) is 0 Å². The van der Waals surface area contributed by atoms with Crippen molar-refractivity contribution in [1.82, 2.24) is 14.7 Å². The number of carbonyl (C=O) groups excluding carboxylic acids is 7. The first-order valence-electron chi connectivity index (χ1n) is 23.8. The molecular weight excluding hydrogens is 966 g/mol. The molecule has 0 saturated carbocycles. The number of nitrogens with zero attached hydrogens (tertiary/aromatic N) is 5. The minimum Gasteiger partial charge on any atom is -0.426 e. The maximum Gasteiger partial charge on any atom is 0.415 e. The number of benzene rings is 4. The van der Waals surface area contributed by atoms with Crippen LogP contribution in [0.1, 0.15) is 69.0 Å². The topological polar surface area (TPSA) is 182 Å². The Morgan fingerprint density at radius 2 is 1.14 bits per heavy atom. The molecule has 17 nitrogen and oxygen atoms in total. The molecule has 0 N–H and O–H groups in total. The number of amides is 6. The predicted molar refractivity (Wildman–Crippen MR) is 273 cm³/mol. The van der Waals surface area contributed by atoms with Crippen molar-refractivity contribution in [3.8, 4) is 11.5 Å². The average Bonchev–Trinajstić information content (AvgIpc) is 4.19. The van der Waals surface area contributed by atoms with Gasteiger partial charge in [-0.05, 0) is 40.5 Å². The molecule has 0 radical (unpaired) electrons. The Bertz CT molecular complexity index is 2920. The van der Waals surface area contributed by atoms with Gasteiger partial charge in [0.1, 0.15) is 11.5 Å². The molecule has 19 heteroatoms. The number of ether oxygens (including phenoxy) is 5. The van der Waals surface area contributed by atoms with E-state index in [1.54, 1.807) is 48.2 Å². The van der Waals surface area contributed by atoms with Crippen molar-refractivity contribution in [1.29, 1.82) is 0 Å². The molecule has 4 heterocycles. The molecule has 378 valence electrons. The third-order valence-corrected chi connectivity index (χ3v) is 14.4. The van der Waals surface area contributed by atoms with Gasteiger partial charge >= 0.3 is 12.1 Å². The van der Waals surface area contributed by atoms with Crippen molar-refractivity contribution < 1.29 is 57.2 Å². The van der Waals surface area contributed by atoms with Crippen LogP contribution in [0.2, 0.25) is 0 Å². The molecule has 1 aromatic heterocycles. The van der Waals surface area contributed by atoms with Gasteiger partial charge in [0.15, 0.2) is 0 Å². The van der Waals surface area contributed by atoms with Gasteiger partial charge in [-0.2, -0.15) is 0 Å². The highest BCUT2D eigenvalue weighted by molar-refractivity contribution is 7.16. The lowest BCUT2D eigenvalue weighted by molar-refractivity contribution is -0.138. The number of esters is 1. The quantitative estimate of drug-likeness (QED) is 0.0234. The minimum absolute atomic E-state index is 0.0495. The van der Waals surface area contributed by atoms with Gasteiger partial charge in [-0.15, -0.1) is 22.9 Å². The lowest BCUT2D eigenvalue weighted by Gasteiger charge is -2.23. The van der Waals surface area contributed by atoms with Crippen molar-refractivity contribution in [2.24, 2.45) is 0 Å². The van der Waals surface area contributed by atoms with Crippen LogP contribution in [-0.4, -0.2) is 149 Å². The lowest BCUT2D eigenvalue weighted by Crippen LogP contribution is -2.38. The van der Waals surface area contributed by atoms with Gasteiger partial charge in [-0.1, -0.05) is 55.5 Å². The highest BCUT2D eigenvalue weighted by atomic mass is 35.5. The highest BCUT2D eigenvalue weighted by Gasteiger charge is 2.38. The number of hydrogen-bond donors (Lipinski definition) is 0. The fourth-order valence-electron chi connectivity index (χ4n) is 9.21. The van der Waals surface area contributed by atoms with Crippen molar-refractivity contribution in [2.45, 2.75) is 38.5 Å². The SMILES string of the molecule is CCC1CN(C(=O)c2ccc(C(=O)N3CC(CCl)c4c3cc(OC(=O)N(C)CCN(C)C(=O)CCOCCOCCOCCN3C(=O)C=CC3=O)c3ccccc43)s2)c2cc(OC(C)=O)c3ccccc3c21. The van der Waals surface area contributed by atoms with Crippen LogP contribution in [0.4, 0.5) is 16.2 Å². The van der Waals surface area contributed by atoms with Gasteiger partial charge in [-0.25, -0.2) is 4.79 Å². The Morgan fingerprint density at radius 1 is 0.653 bits per heavy atom. The molecule has 3 aliphatic rings. The summed E-state index contributed by atoms with van der Waals surface area (Å²) in [6.07, 6.45) is 2.71. The molecule has 2 unspecified atom stereocenters. The molecule has 72 heavy (non-hydrogen) atoms. The largest absolute Gasteiger partial charge is 0.426 e. The first-order chi connectivity index (χ1) is 34.8. The summed E-state index contributed by atoms with van der Waals surface area (Å²) in [6.45, 7) is 6.25. The van der Waals surface area contributed by atoms with Gasteiger partial charge in [-0.3, -0.25) is 33.7 Å². The van der Waals surface area contributed by atoms with Crippen molar-refractivity contribution >= 4 is 97.5 Å². The summed E-state index contributed by atoms with van der Waals surface area (Å²) in [5, 5.41) is 3.17. The number of halogens is 1. The summed E-state index contributed by atoms with van der Waals surface area (Å²) in [6, 6.07) is 22.0.